The number of piperidine rings is 1. The van der Waals surface area contributed by atoms with Crippen molar-refractivity contribution in [1.29, 1.82) is 0 Å². The van der Waals surface area contributed by atoms with Gasteiger partial charge in [-0.05, 0) is 42.4 Å². The second-order valence-corrected chi connectivity index (χ2v) is 7.28. The second kappa shape index (κ2) is 8.72. The minimum absolute atomic E-state index is 0.0157. The number of hydrogen-bond donors (Lipinski definition) is 1. The highest BCUT2D eigenvalue weighted by molar-refractivity contribution is 6.30. The number of rotatable bonds is 5. The molecule has 0 aliphatic carbocycles. The molecule has 1 saturated heterocycles. The van der Waals surface area contributed by atoms with Gasteiger partial charge < -0.3 is 10.2 Å². The van der Waals surface area contributed by atoms with Gasteiger partial charge in [0.2, 0.25) is 11.8 Å². The largest absolute Gasteiger partial charge is 0.343 e. The molecule has 1 fully saturated rings. The van der Waals surface area contributed by atoms with E-state index in [9.17, 15) is 9.59 Å². The van der Waals surface area contributed by atoms with Crippen molar-refractivity contribution >= 4 is 35.0 Å². The van der Waals surface area contributed by atoms with Crippen molar-refractivity contribution in [3.8, 4) is 0 Å². The zero-order valence-corrected chi connectivity index (χ0v) is 15.6. The van der Waals surface area contributed by atoms with Crippen LogP contribution in [-0.2, 0) is 9.59 Å². The van der Waals surface area contributed by atoms with E-state index in [-0.39, 0.29) is 23.6 Å². The number of halogens is 2. The summed E-state index contributed by atoms with van der Waals surface area (Å²) in [5.41, 5.74) is 1.27. The van der Waals surface area contributed by atoms with Crippen LogP contribution in [0.25, 0.3) is 0 Å². The molecule has 24 heavy (non-hydrogen) atoms. The number of alkyl halides is 1. The molecule has 1 aliphatic heterocycles. The van der Waals surface area contributed by atoms with Crippen LogP contribution in [0.5, 0.6) is 0 Å². The molecule has 0 saturated carbocycles. The maximum Gasteiger partial charge on any atom is 0.245 e. The number of carbonyl (C=O) groups is 2. The molecule has 1 aliphatic rings. The predicted octanol–water partition coefficient (Wildman–Crippen LogP) is 3.43. The number of likely N-dealkylation sites (tertiary alicyclic amines) is 1. The second-order valence-electron chi connectivity index (χ2n) is 6.57. The van der Waals surface area contributed by atoms with Gasteiger partial charge in [0, 0.05) is 18.1 Å². The van der Waals surface area contributed by atoms with Crippen molar-refractivity contribution in [2.24, 2.45) is 5.92 Å². The molecule has 1 heterocycles. The lowest BCUT2D eigenvalue weighted by molar-refractivity contribution is -0.138. The average Bonchev–Trinajstić information content (AvgIpc) is 2.59. The third-order valence-electron chi connectivity index (χ3n) is 4.52. The first kappa shape index (κ1) is 19.1. The number of hydrogen-bond acceptors (Lipinski definition) is 2. The molecule has 1 aromatic carbocycles. The highest BCUT2D eigenvalue weighted by Crippen LogP contribution is 2.29. The standard InChI is InChI=1S/C18H24Cl2N2O2/c1-12(2)17(21-16(23)11-19)18(24)22-9-7-14(8-10-22)13-3-5-15(20)6-4-13/h3-6,12,14,17H,7-11H2,1-2H3,(H,21,23). The molecule has 1 atom stereocenters. The highest BCUT2D eigenvalue weighted by atomic mass is 35.5. The first-order chi connectivity index (χ1) is 11.4. The van der Waals surface area contributed by atoms with Crippen molar-refractivity contribution in [3.05, 3.63) is 34.9 Å². The van der Waals surface area contributed by atoms with Gasteiger partial charge in [-0.15, -0.1) is 11.6 Å². The lowest BCUT2D eigenvalue weighted by atomic mass is 9.89. The lowest BCUT2D eigenvalue weighted by Crippen LogP contribution is -2.53. The summed E-state index contributed by atoms with van der Waals surface area (Å²) in [5, 5.41) is 3.47. The quantitative estimate of drug-likeness (QED) is 0.807. The lowest BCUT2D eigenvalue weighted by Gasteiger charge is -2.35. The van der Waals surface area contributed by atoms with Gasteiger partial charge >= 0.3 is 0 Å². The van der Waals surface area contributed by atoms with Crippen LogP contribution in [0.3, 0.4) is 0 Å². The maximum atomic E-state index is 12.7. The van der Waals surface area contributed by atoms with E-state index in [1.165, 1.54) is 5.56 Å². The van der Waals surface area contributed by atoms with Gasteiger partial charge in [0.25, 0.3) is 0 Å². The van der Waals surface area contributed by atoms with Gasteiger partial charge in [-0.1, -0.05) is 37.6 Å². The molecule has 0 aromatic heterocycles. The van der Waals surface area contributed by atoms with E-state index in [4.69, 9.17) is 23.2 Å². The maximum absolute atomic E-state index is 12.7. The molecule has 2 amide bonds. The Labute approximate surface area is 153 Å². The van der Waals surface area contributed by atoms with Gasteiger partial charge in [0.1, 0.15) is 11.9 Å². The summed E-state index contributed by atoms with van der Waals surface area (Å²) < 4.78 is 0. The summed E-state index contributed by atoms with van der Waals surface area (Å²) in [4.78, 5) is 26.1. The molecule has 2 rings (SSSR count). The topological polar surface area (TPSA) is 49.4 Å². The minimum Gasteiger partial charge on any atom is -0.343 e. The Balaban J connectivity index is 1.95. The Kier molecular flexibility index (Phi) is 6.93. The van der Waals surface area contributed by atoms with Crippen LogP contribution in [0.2, 0.25) is 5.02 Å². The molecule has 4 nitrogen and oxygen atoms in total. The Morgan fingerprint density at radius 2 is 1.79 bits per heavy atom. The average molecular weight is 371 g/mol. The SMILES string of the molecule is CC(C)C(NC(=O)CCl)C(=O)N1CCC(c2ccc(Cl)cc2)CC1. The van der Waals surface area contributed by atoms with Gasteiger partial charge in [0.15, 0.2) is 0 Å². The predicted molar refractivity (Wildman–Crippen MR) is 97.5 cm³/mol. The summed E-state index contributed by atoms with van der Waals surface area (Å²) >= 11 is 11.5. The number of nitrogens with one attached hydrogen (secondary N) is 1. The van der Waals surface area contributed by atoms with Gasteiger partial charge in [-0.25, -0.2) is 0 Å². The number of benzene rings is 1. The van der Waals surface area contributed by atoms with Crippen LogP contribution in [0.15, 0.2) is 24.3 Å². The normalized spacial score (nSPS) is 17.0. The summed E-state index contributed by atoms with van der Waals surface area (Å²) in [5.74, 6) is 0.0208. The van der Waals surface area contributed by atoms with Crippen molar-refractivity contribution < 1.29 is 9.59 Å². The minimum atomic E-state index is -0.511. The summed E-state index contributed by atoms with van der Waals surface area (Å²) in [6.07, 6.45) is 1.84. The van der Waals surface area contributed by atoms with Crippen LogP contribution in [0, 0.1) is 5.92 Å². The zero-order valence-electron chi connectivity index (χ0n) is 14.1. The molecule has 0 bridgehead atoms. The molecular weight excluding hydrogens is 347 g/mol. The summed E-state index contributed by atoms with van der Waals surface area (Å²) in [6.45, 7) is 5.26. The van der Waals surface area contributed by atoms with E-state index in [0.29, 0.717) is 19.0 Å². The molecule has 1 N–H and O–H groups in total. The van der Waals surface area contributed by atoms with Gasteiger partial charge in [-0.3, -0.25) is 9.59 Å². The van der Waals surface area contributed by atoms with Crippen molar-refractivity contribution in [2.45, 2.75) is 38.6 Å². The van der Waals surface area contributed by atoms with Gasteiger partial charge in [-0.2, -0.15) is 0 Å². The summed E-state index contributed by atoms with van der Waals surface area (Å²) in [7, 11) is 0. The van der Waals surface area contributed by atoms with Crippen LogP contribution in [0.4, 0.5) is 0 Å². The molecule has 0 spiro atoms. The molecule has 0 radical (unpaired) electrons. The first-order valence-electron chi connectivity index (χ1n) is 8.32. The molecule has 1 unspecified atom stereocenters. The third kappa shape index (κ3) is 4.87. The number of amides is 2. The Morgan fingerprint density at radius 3 is 2.29 bits per heavy atom. The molecule has 132 valence electrons. The fourth-order valence-electron chi connectivity index (χ4n) is 3.09. The van der Waals surface area contributed by atoms with Crippen molar-refractivity contribution in [3.63, 3.8) is 0 Å². The Hall–Kier alpha value is -1.26. The fraction of sp³-hybridized carbons (Fsp3) is 0.556. The van der Waals surface area contributed by atoms with E-state index < -0.39 is 6.04 Å². The van der Waals surface area contributed by atoms with Crippen LogP contribution in [0.1, 0.15) is 38.2 Å². The fourth-order valence-corrected chi connectivity index (χ4v) is 3.29. The van der Waals surface area contributed by atoms with Crippen molar-refractivity contribution in [2.75, 3.05) is 19.0 Å². The number of nitrogens with zero attached hydrogens (tertiary/aromatic N) is 1. The molecule has 1 aromatic rings. The van der Waals surface area contributed by atoms with Crippen LogP contribution >= 0.6 is 23.2 Å². The summed E-state index contributed by atoms with van der Waals surface area (Å²) in [6, 6.07) is 7.42. The third-order valence-corrected chi connectivity index (χ3v) is 5.01. The van der Waals surface area contributed by atoms with Crippen LogP contribution in [-0.4, -0.2) is 41.7 Å². The Morgan fingerprint density at radius 1 is 1.21 bits per heavy atom. The first-order valence-corrected chi connectivity index (χ1v) is 9.23. The van der Waals surface area contributed by atoms with Crippen LogP contribution < -0.4 is 5.32 Å². The van der Waals surface area contributed by atoms with E-state index in [0.717, 1.165) is 17.9 Å². The van der Waals surface area contributed by atoms with E-state index in [1.807, 2.05) is 30.9 Å². The van der Waals surface area contributed by atoms with Gasteiger partial charge in [0.05, 0.1) is 0 Å². The monoisotopic (exact) mass is 370 g/mol. The van der Waals surface area contributed by atoms with E-state index in [1.54, 1.807) is 0 Å². The smallest absolute Gasteiger partial charge is 0.245 e. The molecule has 6 heteroatoms. The zero-order chi connectivity index (χ0) is 17.7. The Bertz CT molecular complexity index is 567. The highest BCUT2D eigenvalue weighted by Gasteiger charge is 2.31. The van der Waals surface area contributed by atoms with E-state index >= 15 is 0 Å². The number of carbonyl (C=O) groups excluding carboxylic acids is 2. The van der Waals surface area contributed by atoms with E-state index in [2.05, 4.69) is 17.4 Å². The molecular formula is C18H24Cl2N2O2. The van der Waals surface area contributed by atoms with Crippen molar-refractivity contribution in [1.82, 2.24) is 10.2 Å².